The van der Waals surface area contributed by atoms with Crippen molar-refractivity contribution in [3.63, 3.8) is 0 Å². The maximum atomic E-state index is 6.24. The largest absolute Gasteiger partial charge is 0.497 e. The van der Waals surface area contributed by atoms with Crippen LogP contribution in [0.4, 0.5) is 5.69 Å². The van der Waals surface area contributed by atoms with Crippen LogP contribution < -0.4 is 9.64 Å². The van der Waals surface area contributed by atoms with Gasteiger partial charge >= 0.3 is 0 Å². The van der Waals surface area contributed by atoms with Gasteiger partial charge in [0.1, 0.15) is 5.75 Å². The number of hydrogen-bond donors (Lipinski definition) is 0. The van der Waals surface area contributed by atoms with Gasteiger partial charge in [-0.2, -0.15) is 0 Å². The highest BCUT2D eigenvalue weighted by atomic mass is 35.5. The Bertz CT molecular complexity index is 1010. The van der Waals surface area contributed by atoms with Crippen molar-refractivity contribution in [1.29, 1.82) is 0 Å². The smallest absolute Gasteiger partial charge is 0.203 e. The number of anilines is 1. The number of nitrogens with zero attached hydrogens (tertiary/aromatic N) is 5. The van der Waals surface area contributed by atoms with Crippen molar-refractivity contribution in [2.75, 3.05) is 38.2 Å². The van der Waals surface area contributed by atoms with E-state index in [9.17, 15) is 0 Å². The number of benzene rings is 1. The normalized spacial score (nSPS) is 15.4. The van der Waals surface area contributed by atoms with Gasteiger partial charge in [0.05, 0.1) is 23.8 Å². The molecule has 0 aliphatic carbocycles. The quantitative estimate of drug-likeness (QED) is 0.593. The van der Waals surface area contributed by atoms with Crippen molar-refractivity contribution in [3.05, 3.63) is 51.3 Å². The van der Waals surface area contributed by atoms with Crippen LogP contribution in [0.3, 0.4) is 0 Å². The van der Waals surface area contributed by atoms with E-state index in [4.69, 9.17) is 40.2 Å². The van der Waals surface area contributed by atoms with Crippen LogP contribution in [0.1, 0.15) is 0 Å². The maximum Gasteiger partial charge on any atom is 0.203 e. The summed E-state index contributed by atoms with van der Waals surface area (Å²) in [4.78, 5) is 4.70. The molecule has 1 aromatic carbocycles. The third-order valence-corrected chi connectivity index (χ3v) is 5.64. The Kier molecular flexibility index (Phi) is 5.27. The molecule has 1 aliphatic heterocycles. The number of aromatic nitrogens is 3. The van der Waals surface area contributed by atoms with Crippen molar-refractivity contribution >= 4 is 46.8 Å². The maximum absolute atomic E-state index is 6.24. The monoisotopic (exact) mass is 423 g/mol. The molecule has 1 saturated heterocycles. The zero-order chi connectivity index (χ0) is 19.0. The van der Waals surface area contributed by atoms with Crippen LogP contribution in [0.2, 0.25) is 10.0 Å². The zero-order valence-electron chi connectivity index (χ0n) is 14.8. The van der Waals surface area contributed by atoms with Crippen molar-refractivity contribution in [2.24, 2.45) is 0 Å². The predicted octanol–water partition coefficient (Wildman–Crippen LogP) is 3.96. The summed E-state index contributed by atoms with van der Waals surface area (Å²) in [7, 11) is 1.68. The summed E-state index contributed by atoms with van der Waals surface area (Å²) in [6.07, 6.45) is 1.75. The molecule has 0 N–H and O–H groups in total. The van der Waals surface area contributed by atoms with E-state index in [1.54, 1.807) is 28.5 Å². The Labute approximate surface area is 172 Å². The van der Waals surface area contributed by atoms with Crippen molar-refractivity contribution in [3.8, 4) is 5.75 Å². The average Bonchev–Trinajstić information content (AvgIpc) is 2.99. The fourth-order valence-electron chi connectivity index (χ4n) is 3.27. The van der Waals surface area contributed by atoms with Crippen molar-refractivity contribution in [1.82, 2.24) is 19.1 Å². The van der Waals surface area contributed by atoms with Gasteiger partial charge in [-0.3, -0.25) is 9.30 Å². The minimum absolute atomic E-state index is 0.497. The molecule has 1 fully saturated rings. The van der Waals surface area contributed by atoms with Gasteiger partial charge in [0.2, 0.25) is 4.77 Å². The van der Waals surface area contributed by atoms with E-state index < -0.39 is 0 Å². The van der Waals surface area contributed by atoms with Gasteiger partial charge in [-0.05, 0) is 42.5 Å². The van der Waals surface area contributed by atoms with E-state index >= 15 is 0 Å². The molecule has 0 radical (unpaired) electrons. The molecule has 6 nitrogen and oxygen atoms in total. The molecule has 0 saturated carbocycles. The van der Waals surface area contributed by atoms with Gasteiger partial charge < -0.3 is 9.64 Å². The molecule has 9 heteroatoms. The fraction of sp³-hybridized carbons (Fsp3) is 0.333. The predicted molar refractivity (Wildman–Crippen MR) is 111 cm³/mol. The Hall–Kier alpha value is -1.80. The minimum atomic E-state index is 0.497. The molecule has 1 aliphatic rings. The second-order valence-corrected chi connectivity index (χ2v) is 7.64. The summed E-state index contributed by atoms with van der Waals surface area (Å²) in [5.74, 6) is 0.873. The number of pyridine rings is 1. The van der Waals surface area contributed by atoms with Crippen LogP contribution in [0.15, 0.2) is 36.5 Å². The highest BCUT2D eigenvalue weighted by molar-refractivity contribution is 7.71. The summed E-state index contributed by atoms with van der Waals surface area (Å²) in [6, 6.07) is 9.86. The molecule has 27 heavy (non-hydrogen) atoms. The van der Waals surface area contributed by atoms with E-state index in [2.05, 4.69) is 27.0 Å². The first-order valence-corrected chi connectivity index (χ1v) is 9.77. The highest BCUT2D eigenvalue weighted by Gasteiger charge is 2.19. The lowest BCUT2D eigenvalue weighted by Crippen LogP contribution is -2.46. The molecule has 4 rings (SSSR count). The SMILES string of the molecule is COc1ccc(N2CCN(Cn3nc4c(Cl)cc(Cl)cn4c3=S)CC2)cc1. The standard InChI is InChI=1S/C18H19Cl2N5OS/c1-26-15-4-2-14(3-5-15)23-8-6-22(7-9-23)12-25-18(27)24-11-13(19)10-16(20)17(24)21-25/h2-5,10-11H,6-9,12H2,1H3. The first-order valence-electron chi connectivity index (χ1n) is 8.61. The second-order valence-electron chi connectivity index (χ2n) is 6.43. The van der Waals surface area contributed by atoms with Gasteiger partial charge in [0, 0.05) is 38.1 Å². The van der Waals surface area contributed by atoms with Crippen LogP contribution >= 0.6 is 35.4 Å². The van der Waals surface area contributed by atoms with Gasteiger partial charge in [-0.15, -0.1) is 5.10 Å². The third kappa shape index (κ3) is 3.78. The number of ether oxygens (including phenoxy) is 1. The van der Waals surface area contributed by atoms with Gasteiger partial charge in [-0.25, -0.2) is 4.68 Å². The number of piperazine rings is 1. The van der Waals surface area contributed by atoms with Gasteiger partial charge in [0.25, 0.3) is 0 Å². The molecule has 142 valence electrons. The lowest BCUT2D eigenvalue weighted by atomic mass is 10.2. The molecule has 0 unspecified atom stereocenters. The molecule has 0 spiro atoms. The molecular weight excluding hydrogens is 405 g/mol. The Morgan fingerprint density at radius 2 is 1.81 bits per heavy atom. The number of rotatable bonds is 4. The lowest BCUT2D eigenvalue weighted by Gasteiger charge is -2.35. The molecule has 0 bridgehead atoms. The van der Waals surface area contributed by atoms with Crippen molar-refractivity contribution < 1.29 is 4.74 Å². The third-order valence-electron chi connectivity index (χ3n) is 4.74. The number of halogens is 2. The Morgan fingerprint density at radius 3 is 2.48 bits per heavy atom. The summed E-state index contributed by atoms with van der Waals surface area (Å²) in [5, 5.41) is 5.59. The van der Waals surface area contributed by atoms with Crippen LogP contribution in [0.5, 0.6) is 5.75 Å². The number of fused-ring (bicyclic) bond motifs is 1. The zero-order valence-corrected chi connectivity index (χ0v) is 17.1. The highest BCUT2D eigenvalue weighted by Crippen LogP contribution is 2.23. The topological polar surface area (TPSA) is 37.9 Å². The number of methoxy groups -OCH3 is 1. The van der Waals surface area contributed by atoms with Crippen molar-refractivity contribution in [2.45, 2.75) is 6.67 Å². The van der Waals surface area contributed by atoms with E-state index in [0.29, 0.717) is 27.1 Å². The summed E-state index contributed by atoms with van der Waals surface area (Å²) >= 11 is 17.9. The molecule has 0 amide bonds. The van der Waals surface area contributed by atoms with E-state index in [-0.39, 0.29) is 0 Å². The summed E-state index contributed by atoms with van der Waals surface area (Å²) in [5.41, 5.74) is 1.84. The Morgan fingerprint density at radius 1 is 1.11 bits per heavy atom. The summed E-state index contributed by atoms with van der Waals surface area (Å²) < 4.78 is 9.37. The molecular formula is C18H19Cl2N5OS. The minimum Gasteiger partial charge on any atom is -0.497 e. The molecule has 3 heterocycles. The van der Waals surface area contributed by atoms with Crippen LogP contribution in [0.25, 0.3) is 5.65 Å². The van der Waals surface area contributed by atoms with Crippen LogP contribution in [-0.4, -0.2) is 52.4 Å². The summed E-state index contributed by atoms with van der Waals surface area (Å²) in [6.45, 7) is 4.37. The van der Waals surface area contributed by atoms with E-state index in [0.717, 1.165) is 31.9 Å². The first-order chi connectivity index (χ1) is 13.0. The molecule has 3 aromatic rings. The van der Waals surface area contributed by atoms with E-state index in [1.165, 1.54) is 5.69 Å². The van der Waals surface area contributed by atoms with Gasteiger partial charge in [0.15, 0.2) is 5.65 Å². The lowest BCUT2D eigenvalue weighted by molar-refractivity contribution is 0.195. The first kappa shape index (κ1) is 18.6. The number of hydrogen-bond acceptors (Lipinski definition) is 5. The van der Waals surface area contributed by atoms with E-state index in [1.807, 2.05) is 12.1 Å². The molecule has 0 atom stereocenters. The fourth-order valence-corrected chi connectivity index (χ4v) is 4.01. The van der Waals surface area contributed by atoms with Crippen LogP contribution in [0, 0.1) is 4.77 Å². The van der Waals surface area contributed by atoms with Crippen LogP contribution in [-0.2, 0) is 6.67 Å². The average molecular weight is 424 g/mol. The Balaban J connectivity index is 1.45. The van der Waals surface area contributed by atoms with Gasteiger partial charge in [-0.1, -0.05) is 23.2 Å². The second kappa shape index (κ2) is 7.67. The molecule has 2 aromatic heterocycles.